The summed E-state index contributed by atoms with van der Waals surface area (Å²) in [5, 5.41) is -0.629. The molecule has 1 atom stereocenters. The van der Waals surface area contributed by atoms with Gasteiger partial charge < -0.3 is 10.5 Å². The Kier molecular flexibility index (Phi) is 4.82. The summed E-state index contributed by atoms with van der Waals surface area (Å²) < 4.78 is 30.4. The Labute approximate surface area is 128 Å². The zero-order chi connectivity index (χ0) is 15.5. The lowest BCUT2D eigenvalue weighted by Crippen LogP contribution is -2.22. The van der Waals surface area contributed by atoms with Crippen LogP contribution in [0.25, 0.3) is 0 Å². The lowest BCUT2D eigenvalue weighted by molar-refractivity contribution is 0.414. The quantitative estimate of drug-likeness (QED) is 0.911. The average Bonchev–Trinajstić information content (AvgIpc) is 2.48. The molecule has 1 aromatic carbocycles. The highest BCUT2D eigenvalue weighted by Crippen LogP contribution is 2.32. The summed E-state index contributed by atoms with van der Waals surface area (Å²) in [6, 6.07) is 7.71. The standard InChI is InChI=1S/C14H15ClN2O3S/c1-20-13-5-4-11(7-12(13)15)21(18,19)14(8-16)10-3-2-6-17-9-10/h2-7,9,14H,8,16H2,1H3. The van der Waals surface area contributed by atoms with Crippen molar-refractivity contribution >= 4 is 21.4 Å². The number of halogens is 1. The summed E-state index contributed by atoms with van der Waals surface area (Å²) in [7, 11) is -2.19. The Hall–Kier alpha value is -1.63. The molecule has 112 valence electrons. The maximum atomic E-state index is 12.7. The van der Waals surface area contributed by atoms with Gasteiger partial charge in [0.2, 0.25) is 0 Å². The van der Waals surface area contributed by atoms with Gasteiger partial charge in [0.1, 0.15) is 11.0 Å². The Morgan fingerprint density at radius 2 is 2.14 bits per heavy atom. The molecule has 0 bridgehead atoms. The maximum absolute atomic E-state index is 12.7. The number of nitrogens with two attached hydrogens (primary N) is 1. The number of hydrogen-bond donors (Lipinski definition) is 1. The molecular formula is C14H15ClN2O3S. The van der Waals surface area contributed by atoms with Gasteiger partial charge in [-0.05, 0) is 29.8 Å². The van der Waals surface area contributed by atoms with Crippen molar-refractivity contribution in [3.8, 4) is 5.75 Å². The topological polar surface area (TPSA) is 82.3 Å². The first-order valence-corrected chi connectivity index (χ1v) is 8.10. The lowest BCUT2D eigenvalue weighted by atomic mass is 10.2. The van der Waals surface area contributed by atoms with Crippen LogP contribution in [0.2, 0.25) is 5.02 Å². The molecule has 7 heteroatoms. The molecule has 1 unspecified atom stereocenters. The lowest BCUT2D eigenvalue weighted by Gasteiger charge is -2.16. The van der Waals surface area contributed by atoms with Crippen LogP contribution in [-0.2, 0) is 9.84 Å². The molecule has 5 nitrogen and oxygen atoms in total. The third kappa shape index (κ3) is 3.18. The van der Waals surface area contributed by atoms with Gasteiger partial charge in [-0.25, -0.2) is 8.42 Å². The minimum Gasteiger partial charge on any atom is -0.495 e. The summed E-state index contributed by atoms with van der Waals surface area (Å²) in [5.74, 6) is 0.418. The van der Waals surface area contributed by atoms with E-state index in [1.54, 1.807) is 18.3 Å². The highest BCUT2D eigenvalue weighted by atomic mass is 35.5. The third-order valence-electron chi connectivity index (χ3n) is 3.10. The zero-order valence-corrected chi connectivity index (χ0v) is 12.9. The number of pyridine rings is 1. The van der Waals surface area contributed by atoms with Gasteiger partial charge in [-0.2, -0.15) is 0 Å². The SMILES string of the molecule is COc1ccc(S(=O)(=O)C(CN)c2cccnc2)cc1Cl. The Morgan fingerprint density at radius 3 is 2.67 bits per heavy atom. The first-order valence-electron chi connectivity index (χ1n) is 6.18. The van der Waals surface area contributed by atoms with E-state index in [0.717, 1.165) is 0 Å². The molecular weight excluding hydrogens is 312 g/mol. The molecule has 0 spiro atoms. The van der Waals surface area contributed by atoms with Gasteiger partial charge in [0.15, 0.2) is 9.84 Å². The fraction of sp³-hybridized carbons (Fsp3) is 0.214. The molecule has 2 N–H and O–H groups in total. The van der Waals surface area contributed by atoms with Crippen LogP contribution in [0.4, 0.5) is 0 Å². The maximum Gasteiger partial charge on any atom is 0.186 e. The molecule has 21 heavy (non-hydrogen) atoms. The van der Waals surface area contributed by atoms with Crippen LogP contribution >= 0.6 is 11.6 Å². The van der Waals surface area contributed by atoms with Crippen LogP contribution in [0.1, 0.15) is 10.8 Å². The minimum absolute atomic E-state index is 0.0440. The second kappa shape index (κ2) is 6.43. The van der Waals surface area contributed by atoms with Crippen LogP contribution in [0, 0.1) is 0 Å². The highest BCUT2D eigenvalue weighted by molar-refractivity contribution is 7.91. The van der Waals surface area contributed by atoms with Crippen molar-refractivity contribution in [1.82, 2.24) is 4.98 Å². The Bertz CT molecular complexity index is 720. The van der Waals surface area contributed by atoms with E-state index in [0.29, 0.717) is 11.3 Å². The van der Waals surface area contributed by atoms with Gasteiger partial charge in [0.25, 0.3) is 0 Å². The highest BCUT2D eigenvalue weighted by Gasteiger charge is 2.28. The number of sulfone groups is 1. The minimum atomic E-state index is -3.66. The van der Waals surface area contributed by atoms with E-state index in [-0.39, 0.29) is 16.5 Å². The molecule has 1 heterocycles. The molecule has 0 saturated heterocycles. The number of nitrogens with zero attached hydrogens (tertiary/aromatic N) is 1. The van der Waals surface area contributed by atoms with Crippen molar-refractivity contribution in [2.45, 2.75) is 10.1 Å². The number of aromatic nitrogens is 1. The van der Waals surface area contributed by atoms with Gasteiger partial charge in [-0.3, -0.25) is 4.98 Å². The summed E-state index contributed by atoms with van der Waals surface area (Å²) in [5.41, 5.74) is 6.21. The van der Waals surface area contributed by atoms with Crippen LogP contribution < -0.4 is 10.5 Å². The van der Waals surface area contributed by atoms with Crippen molar-refractivity contribution < 1.29 is 13.2 Å². The van der Waals surface area contributed by atoms with E-state index in [9.17, 15) is 8.42 Å². The predicted octanol–water partition coefficient (Wildman–Crippen LogP) is 2.22. The molecule has 0 amide bonds. The molecule has 2 aromatic rings. The van der Waals surface area contributed by atoms with Gasteiger partial charge in [-0.15, -0.1) is 0 Å². The number of methoxy groups -OCH3 is 1. The monoisotopic (exact) mass is 326 g/mol. The molecule has 2 rings (SSSR count). The number of benzene rings is 1. The molecule has 0 aliphatic carbocycles. The second-order valence-electron chi connectivity index (χ2n) is 4.35. The normalized spacial score (nSPS) is 12.9. The molecule has 0 fully saturated rings. The van der Waals surface area contributed by atoms with E-state index in [2.05, 4.69) is 4.98 Å². The van der Waals surface area contributed by atoms with Crippen molar-refractivity contribution in [1.29, 1.82) is 0 Å². The molecule has 0 radical (unpaired) electrons. The average molecular weight is 327 g/mol. The summed E-state index contributed by atoms with van der Waals surface area (Å²) in [6.45, 7) is -0.0440. The Morgan fingerprint density at radius 1 is 1.38 bits per heavy atom. The molecule has 0 saturated carbocycles. The van der Waals surface area contributed by atoms with Crippen LogP contribution in [0.3, 0.4) is 0 Å². The van der Waals surface area contributed by atoms with Crippen molar-refractivity contribution in [3.63, 3.8) is 0 Å². The van der Waals surface area contributed by atoms with Crippen molar-refractivity contribution in [2.75, 3.05) is 13.7 Å². The number of hydrogen-bond acceptors (Lipinski definition) is 5. The number of ether oxygens (including phenoxy) is 1. The first kappa shape index (κ1) is 15.8. The van der Waals surface area contributed by atoms with E-state index in [1.807, 2.05) is 0 Å². The largest absolute Gasteiger partial charge is 0.495 e. The smallest absolute Gasteiger partial charge is 0.186 e. The van der Waals surface area contributed by atoms with Crippen LogP contribution in [0.5, 0.6) is 5.75 Å². The third-order valence-corrected chi connectivity index (χ3v) is 5.52. The number of rotatable bonds is 5. The summed E-state index contributed by atoms with van der Waals surface area (Å²) in [6.07, 6.45) is 3.08. The molecule has 1 aromatic heterocycles. The van der Waals surface area contributed by atoms with Gasteiger partial charge in [-0.1, -0.05) is 17.7 Å². The van der Waals surface area contributed by atoms with E-state index in [1.165, 1.54) is 31.5 Å². The second-order valence-corrected chi connectivity index (χ2v) is 6.89. The summed E-state index contributed by atoms with van der Waals surface area (Å²) in [4.78, 5) is 4.04. The van der Waals surface area contributed by atoms with E-state index in [4.69, 9.17) is 22.1 Å². The molecule has 0 aliphatic heterocycles. The molecule has 0 aliphatic rings. The van der Waals surface area contributed by atoms with Gasteiger partial charge >= 0.3 is 0 Å². The van der Waals surface area contributed by atoms with Crippen LogP contribution in [-0.4, -0.2) is 27.1 Å². The van der Waals surface area contributed by atoms with E-state index >= 15 is 0 Å². The van der Waals surface area contributed by atoms with Crippen LogP contribution in [0.15, 0.2) is 47.6 Å². The Balaban J connectivity index is 2.47. The van der Waals surface area contributed by atoms with Gasteiger partial charge in [0, 0.05) is 18.9 Å². The fourth-order valence-corrected chi connectivity index (χ4v) is 3.94. The zero-order valence-electron chi connectivity index (χ0n) is 11.4. The first-order chi connectivity index (χ1) is 10.0. The fourth-order valence-electron chi connectivity index (χ4n) is 2.00. The summed E-state index contributed by atoms with van der Waals surface area (Å²) >= 11 is 6.00. The van der Waals surface area contributed by atoms with Crippen molar-refractivity contribution in [3.05, 3.63) is 53.3 Å². The predicted molar refractivity (Wildman–Crippen MR) is 81.2 cm³/mol. The van der Waals surface area contributed by atoms with E-state index < -0.39 is 15.1 Å². The van der Waals surface area contributed by atoms with Crippen molar-refractivity contribution in [2.24, 2.45) is 5.73 Å². The van der Waals surface area contributed by atoms with Gasteiger partial charge in [0.05, 0.1) is 17.0 Å².